The van der Waals surface area contributed by atoms with E-state index < -0.39 is 0 Å². The van der Waals surface area contributed by atoms with Gasteiger partial charge in [0, 0.05) is 6.54 Å². The minimum Gasteiger partial charge on any atom is -0.392 e. The summed E-state index contributed by atoms with van der Waals surface area (Å²) < 4.78 is 0. The van der Waals surface area contributed by atoms with Gasteiger partial charge in [0.25, 0.3) is 0 Å². The number of hydrogen-bond donors (Lipinski definition) is 2. The van der Waals surface area contributed by atoms with Crippen LogP contribution in [0.25, 0.3) is 0 Å². The van der Waals surface area contributed by atoms with Crippen LogP contribution in [0.1, 0.15) is 65.2 Å². The summed E-state index contributed by atoms with van der Waals surface area (Å²) in [5, 5.41) is 12.8. The molecule has 0 spiro atoms. The van der Waals surface area contributed by atoms with E-state index in [1.165, 1.54) is 38.5 Å². The molecule has 2 heteroatoms. The molecule has 0 saturated heterocycles. The molecule has 15 heavy (non-hydrogen) atoms. The first-order valence-corrected chi connectivity index (χ1v) is 6.70. The molecule has 92 valence electrons. The van der Waals surface area contributed by atoms with E-state index >= 15 is 0 Å². The Morgan fingerprint density at radius 2 is 1.60 bits per heavy atom. The summed E-state index contributed by atoms with van der Waals surface area (Å²) in [6.45, 7) is 6.18. The fourth-order valence-electron chi connectivity index (χ4n) is 1.73. The number of nitrogens with one attached hydrogen (secondary N) is 1. The molecule has 2 nitrogen and oxygen atoms in total. The molecule has 0 heterocycles. The van der Waals surface area contributed by atoms with E-state index in [-0.39, 0.29) is 6.10 Å². The molecule has 0 aromatic heterocycles. The fraction of sp³-hybridized carbons (Fsp3) is 1.00. The Labute approximate surface area is 95.5 Å². The second-order valence-corrected chi connectivity index (χ2v) is 4.41. The minimum absolute atomic E-state index is 0.143. The maximum absolute atomic E-state index is 9.46. The van der Waals surface area contributed by atoms with Crippen molar-refractivity contribution in [1.29, 1.82) is 0 Å². The zero-order chi connectivity index (χ0) is 11.4. The first kappa shape index (κ1) is 14.9. The van der Waals surface area contributed by atoms with E-state index in [1.807, 2.05) is 0 Å². The molecule has 0 aromatic carbocycles. The van der Waals surface area contributed by atoms with E-state index in [9.17, 15) is 5.11 Å². The molecule has 2 N–H and O–H groups in total. The Bertz CT molecular complexity index is 117. The molecule has 0 aliphatic rings. The van der Waals surface area contributed by atoms with Crippen LogP contribution in [0.2, 0.25) is 0 Å². The van der Waals surface area contributed by atoms with Gasteiger partial charge in [0.05, 0.1) is 6.10 Å². The molecule has 1 atom stereocenters. The van der Waals surface area contributed by atoms with E-state index in [4.69, 9.17) is 0 Å². The van der Waals surface area contributed by atoms with E-state index in [0.29, 0.717) is 0 Å². The van der Waals surface area contributed by atoms with Gasteiger partial charge in [0.15, 0.2) is 0 Å². The number of aliphatic hydroxyl groups is 1. The summed E-state index contributed by atoms with van der Waals surface area (Å²) in [5.41, 5.74) is 0. The lowest BCUT2D eigenvalue weighted by Crippen LogP contribution is -2.27. The molecular formula is C13H29NO. The third-order valence-corrected chi connectivity index (χ3v) is 2.71. The Morgan fingerprint density at radius 1 is 0.933 bits per heavy atom. The molecule has 0 amide bonds. The van der Waals surface area contributed by atoms with E-state index in [0.717, 1.165) is 25.9 Å². The predicted octanol–water partition coefficient (Wildman–Crippen LogP) is 3.10. The van der Waals surface area contributed by atoms with Crippen molar-refractivity contribution < 1.29 is 5.11 Å². The minimum atomic E-state index is -0.143. The summed E-state index contributed by atoms with van der Waals surface area (Å²) in [4.78, 5) is 0. The van der Waals surface area contributed by atoms with Gasteiger partial charge in [-0.05, 0) is 19.4 Å². The second kappa shape index (κ2) is 12.0. The van der Waals surface area contributed by atoms with Gasteiger partial charge in [-0.25, -0.2) is 0 Å². The maximum Gasteiger partial charge on any atom is 0.0664 e. The van der Waals surface area contributed by atoms with Gasteiger partial charge < -0.3 is 10.4 Å². The van der Waals surface area contributed by atoms with E-state index in [2.05, 4.69) is 19.2 Å². The average Bonchev–Trinajstić information content (AvgIpc) is 2.22. The summed E-state index contributed by atoms with van der Waals surface area (Å²) in [6, 6.07) is 0. The standard InChI is InChI=1S/C13H29NO/c1-3-5-6-7-8-9-11-14-12-13(15)10-4-2/h13-15H,3-12H2,1-2H3. The van der Waals surface area contributed by atoms with Crippen LogP contribution >= 0.6 is 0 Å². The lowest BCUT2D eigenvalue weighted by atomic mass is 10.1. The van der Waals surface area contributed by atoms with Crippen LogP contribution in [0.3, 0.4) is 0 Å². The highest BCUT2D eigenvalue weighted by Gasteiger charge is 2.00. The van der Waals surface area contributed by atoms with Crippen molar-refractivity contribution in [2.75, 3.05) is 13.1 Å². The lowest BCUT2D eigenvalue weighted by Gasteiger charge is -2.10. The van der Waals surface area contributed by atoms with Gasteiger partial charge in [0.1, 0.15) is 0 Å². The monoisotopic (exact) mass is 215 g/mol. The molecular weight excluding hydrogens is 186 g/mol. The van der Waals surface area contributed by atoms with Crippen LogP contribution in [-0.2, 0) is 0 Å². The molecule has 0 fully saturated rings. The van der Waals surface area contributed by atoms with Crippen molar-refractivity contribution in [2.24, 2.45) is 0 Å². The molecule has 1 unspecified atom stereocenters. The van der Waals surface area contributed by atoms with Gasteiger partial charge in [-0.15, -0.1) is 0 Å². The zero-order valence-corrected chi connectivity index (χ0v) is 10.6. The third-order valence-electron chi connectivity index (χ3n) is 2.71. The maximum atomic E-state index is 9.46. The molecule has 0 saturated carbocycles. The van der Waals surface area contributed by atoms with Crippen LogP contribution in [0.4, 0.5) is 0 Å². The second-order valence-electron chi connectivity index (χ2n) is 4.41. The van der Waals surface area contributed by atoms with Gasteiger partial charge in [-0.1, -0.05) is 52.4 Å². The smallest absolute Gasteiger partial charge is 0.0664 e. The Balaban J connectivity index is 2.98. The van der Waals surface area contributed by atoms with E-state index in [1.54, 1.807) is 0 Å². The molecule has 0 aliphatic carbocycles. The first-order chi connectivity index (χ1) is 7.31. The summed E-state index contributed by atoms with van der Waals surface area (Å²) in [7, 11) is 0. The van der Waals surface area contributed by atoms with Crippen molar-refractivity contribution in [1.82, 2.24) is 5.32 Å². The van der Waals surface area contributed by atoms with Gasteiger partial charge in [-0.2, -0.15) is 0 Å². The number of rotatable bonds is 11. The SMILES string of the molecule is CCCCCCCCNCC(O)CCC. The summed E-state index contributed by atoms with van der Waals surface area (Å²) >= 11 is 0. The van der Waals surface area contributed by atoms with Crippen molar-refractivity contribution in [2.45, 2.75) is 71.3 Å². The van der Waals surface area contributed by atoms with Crippen molar-refractivity contribution in [3.63, 3.8) is 0 Å². The highest BCUT2D eigenvalue weighted by molar-refractivity contribution is 4.58. The van der Waals surface area contributed by atoms with Gasteiger partial charge >= 0.3 is 0 Å². The summed E-state index contributed by atoms with van der Waals surface area (Å²) in [6.07, 6.45) is 9.88. The largest absolute Gasteiger partial charge is 0.392 e. The summed E-state index contributed by atoms with van der Waals surface area (Å²) in [5.74, 6) is 0. The lowest BCUT2D eigenvalue weighted by molar-refractivity contribution is 0.161. The molecule has 0 rings (SSSR count). The van der Waals surface area contributed by atoms with Crippen molar-refractivity contribution in [3.05, 3.63) is 0 Å². The van der Waals surface area contributed by atoms with Crippen LogP contribution in [0.15, 0.2) is 0 Å². The van der Waals surface area contributed by atoms with Crippen LogP contribution in [-0.4, -0.2) is 24.3 Å². The molecule has 0 radical (unpaired) electrons. The number of aliphatic hydroxyl groups excluding tert-OH is 1. The average molecular weight is 215 g/mol. The van der Waals surface area contributed by atoms with Gasteiger partial charge in [-0.3, -0.25) is 0 Å². The van der Waals surface area contributed by atoms with Crippen LogP contribution in [0.5, 0.6) is 0 Å². The topological polar surface area (TPSA) is 32.3 Å². The zero-order valence-electron chi connectivity index (χ0n) is 10.6. The third kappa shape index (κ3) is 11.8. The Morgan fingerprint density at radius 3 is 2.27 bits per heavy atom. The van der Waals surface area contributed by atoms with Crippen molar-refractivity contribution >= 4 is 0 Å². The van der Waals surface area contributed by atoms with Crippen molar-refractivity contribution in [3.8, 4) is 0 Å². The van der Waals surface area contributed by atoms with Gasteiger partial charge in [0.2, 0.25) is 0 Å². The number of unbranched alkanes of at least 4 members (excludes halogenated alkanes) is 5. The highest BCUT2D eigenvalue weighted by atomic mass is 16.3. The molecule has 0 aliphatic heterocycles. The highest BCUT2D eigenvalue weighted by Crippen LogP contribution is 2.04. The van der Waals surface area contributed by atoms with Crippen LogP contribution in [0, 0.1) is 0 Å². The Kier molecular flexibility index (Phi) is 11.9. The quantitative estimate of drug-likeness (QED) is 0.519. The fourth-order valence-corrected chi connectivity index (χ4v) is 1.73. The predicted molar refractivity (Wildman–Crippen MR) is 67.2 cm³/mol. The van der Waals surface area contributed by atoms with Crippen LogP contribution < -0.4 is 5.32 Å². The molecule has 0 bridgehead atoms. The first-order valence-electron chi connectivity index (χ1n) is 6.70. The number of hydrogen-bond acceptors (Lipinski definition) is 2. The normalized spacial score (nSPS) is 13.0. The molecule has 0 aromatic rings. The Hall–Kier alpha value is -0.0800.